The molecule has 1 aromatic carbocycles. The van der Waals surface area contributed by atoms with Crippen LogP contribution in [0.4, 0.5) is 0 Å². The summed E-state index contributed by atoms with van der Waals surface area (Å²) in [6.45, 7) is -0.139. The molecule has 1 aliphatic carbocycles. The number of aromatic hydroxyl groups is 1. The standard InChI is InChI=1S/C15H20N2O4/c1-21-12-8-4-7-11(14(12)19)15(20)17(9-13(16)18)10-5-2-3-6-10/h4,7-8,10,19H,2-3,5-6,9H2,1H3,(H2,16,18). The molecule has 0 bridgehead atoms. The van der Waals surface area contributed by atoms with Gasteiger partial charge in [0.05, 0.1) is 19.2 Å². The van der Waals surface area contributed by atoms with Gasteiger partial charge in [0.2, 0.25) is 5.91 Å². The number of para-hydroxylation sites is 1. The number of primary amides is 1. The number of hydrogen-bond acceptors (Lipinski definition) is 4. The Labute approximate surface area is 123 Å². The molecule has 6 heteroatoms. The summed E-state index contributed by atoms with van der Waals surface area (Å²) in [5, 5.41) is 10.1. The normalized spacial score (nSPS) is 14.9. The van der Waals surface area contributed by atoms with E-state index in [0.29, 0.717) is 0 Å². The van der Waals surface area contributed by atoms with E-state index in [1.807, 2.05) is 0 Å². The summed E-state index contributed by atoms with van der Waals surface area (Å²) in [6, 6.07) is 4.71. The van der Waals surface area contributed by atoms with E-state index in [1.54, 1.807) is 12.1 Å². The van der Waals surface area contributed by atoms with E-state index in [1.165, 1.54) is 18.1 Å². The largest absolute Gasteiger partial charge is 0.504 e. The van der Waals surface area contributed by atoms with Crippen LogP contribution in [-0.4, -0.2) is 41.5 Å². The Morgan fingerprint density at radius 3 is 2.62 bits per heavy atom. The Morgan fingerprint density at radius 2 is 2.05 bits per heavy atom. The van der Waals surface area contributed by atoms with Gasteiger partial charge in [-0.1, -0.05) is 18.9 Å². The van der Waals surface area contributed by atoms with Gasteiger partial charge in [-0.3, -0.25) is 9.59 Å². The summed E-state index contributed by atoms with van der Waals surface area (Å²) in [6.07, 6.45) is 3.75. The van der Waals surface area contributed by atoms with E-state index >= 15 is 0 Å². The quantitative estimate of drug-likeness (QED) is 0.854. The first kappa shape index (κ1) is 15.2. The number of hydrogen-bond donors (Lipinski definition) is 2. The fraction of sp³-hybridized carbons (Fsp3) is 0.467. The van der Waals surface area contributed by atoms with Crippen LogP contribution >= 0.6 is 0 Å². The topological polar surface area (TPSA) is 92.9 Å². The van der Waals surface area contributed by atoms with Crippen LogP contribution in [0.25, 0.3) is 0 Å². The molecule has 1 fully saturated rings. The van der Waals surface area contributed by atoms with Crippen LogP contribution in [-0.2, 0) is 4.79 Å². The molecule has 0 spiro atoms. The van der Waals surface area contributed by atoms with Crippen molar-refractivity contribution in [3.63, 3.8) is 0 Å². The summed E-state index contributed by atoms with van der Waals surface area (Å²) >= 11 is 0. The zero-order valence-corrected chi connectivity index (χ0v) is 12.0. The van der Waals surface area contributed by atoms with Crippen LogP contribution in [0.3, 0.4) is 0 Å². The van der Waals surface area contributed by atoms with Crippen molar-refractivity contribution in [2.75, 3.05) is 13.7 Å². The highest BCUT2D eigenvalue weighted by Gasteiger charge is 2.30. The first-order chi connectivity index (χ1) is 10.0. The van der Waals surface area contributed by atoms with Crippen molar-refractivity contribution >= 4 is 11.8 Å². The number of phenolic OH excluding ortho intramolecular Hbond substituents is 1. The third-order valence-electron chi connectivity index (χ3n) is 3.80. The monoisotopic (exact) mass is 292 g/mol. The van der Waals surface area contributed by atoms with E-state index in [9.17, 15) is 14.7 Å². The van der Waals surface area contributed by atoms with Crippen molar-refractivity contribution in [1.29, 1.82) is 0 Å². The van der Waals surface area contributed by atoms with Crippen molar-refractivity contribution in [2.45, 2.75) is 31.7 Å². The second kappa shape index (κ2) is 6.47. The lowest BCUT2D eigenvalue weighted by atomic mass is 10.1. The van der Waals surface area contributed by atoms with E-state index in [4.69, 9.17) is 10.5 Å². The number of ether oxygens (including phenoxy) is 1. The van der Waals surface area contributed by atoms with Crippen LogP contribution in [0.5, 0.6) is 11.5 Å². The van der Waals surface area contributed by atoms with E-state index < -0.39 is 11.8 Å². The van der Waals surface area contributed by atoms with Crippen LogP contribution in [0.2, 0.25) is 0 Å². The summed E-state index contributed by atoms with van der Waals surface area (Å²) in [5.74, 6) is -0.932. The molecule has 0 unspecified atom stereocenters. The molecular formula is C15H20N2O4. The van der Waals surface area contributed by atoms with Gasteiger partial charge in [-0.05, 0) is 25.0 Å². The number of benzene rings is 1. The Balaban J connectivity index is 2.31. The summed E-state index contributed by atoms with van der Waals surface area (Å²) in [4.78, 5) is 25.4. The molecule has 0 atom stereocenters. The lowest BCUT2D eigenvalue weighted by molar-refractivity contribution is -0.119. The Bertz CT molecular complexity index is 538. The van der Waals surface area contributed by atoms with Crippen molar-refractivity contribution in [2.24, 2.45) is 5.73 Å². The van der Waals surface area contributed by atoms with Crippen LogP contribution in [0.15, 0.2) is 18.2 Å². The van der Waals surface area contributed by atoms with E-state index in [2.05, 4.69) is 0 Å². The maximum absolute atomic E-state index is 12.7. The fourth-order valence-electron chi connectivity index (χ4n) is 2.76. The van der Waals surface area contributed by atoms with Crippen LogP contribution < -0.4 is 10.5 Å². The average molecular weight is 292 g/mol. The number of amides is 2. The van der Waals surface area contributed by atoms with Gasteiger partial charge >= 0.3 is 0 Å². The molecule has 6 nitrogen and oxygen atoms in total. The first-order valence-electron chi connectivity index (χ1n) is 7.00. The third kappa shape index (κ3) is 3.26. The molecule has 0 heterocycles. The number of nitrogens with zero attached hydrogens (tertiary/aromatic N) is 1. The van der Waals surface area contributed by atoms with Gasteiger partial charge in [0, 0.05) is 6.04 Å². The third-order valence-corrected chi connectivity index (χ3v) is 3.80. The van der Waals surface area contributed by atoms with Crippen LogP contribution in [0, 0.1) is 0 Å². The lowest BCUT2D eigenvalue weighted by Crippen LogP contribution is -2.44. The minimum absolute atomic E-state index is 0.00407. The number of rotatable bonds is 5. The van der Waals surface area contributed by atoms with Crippen molar-refractivity contribution in [1.82, 2.24) is 4.90 Å². The van der Waals surface area contributed by atoms with Gasteiger partial charge in [0.25, 0.3) is 5.91 Å². The van der Waals surface area contributed by atoms with Crippen molar-refractivity contribution < 1.29 is 19.4 Å². The molecule has 0 radical (unpaired) electrons. The molecule has 0 aromatic heterocycles. The molecular weight excluding hydrogens is 272 g/mol. The Morgan fingerprint density at radius 1 is 1.38 bits per heavy atom. The Hall–Kier alpha value is -2.24. The van der Waals surface area contributed by atoms with Gasteiger partial charge in [0.15, 0.2) is 11.5 Å². The number of phenols is 1. The van der Waals surface area contributed by atoms with Crippen molar-refractivity contribution in [3.8, 4) is 11.5 Å². The molecule has 1 saturated carbocycles. The van der Waals surface area contributed by atoms with Gasteiger partial charge in [-0.15, -0.1) is 0 Å². The van der Waals surface area contributed by atoms with Crippen LogP contribution in [0.1, 0.15) is 36.0 Å². The fourth-order valence-corrected chi connectivity index (χ4v) is 2.76. The zero-order valence-electron chi connectivity index (χ0n) is 12.0. The number of nitrogens with two attached hydrogens (primary N) is 1. The molecule has 1 aliphatic rings. The highest BCUT2D eigenvalue weighted by Crippen LogP contribution is 2.32. The number of methoxy groups -OCH3 is 1. The predicted octanol–water partition coefficient (Wildman–Crippen LogP) is 1.27. The van der Waals surface area contributed by atoms with Crippen molar-refractivity contribution in [3.05, 3.63) is 23.8 Å². The number of carbonyl (C=O) groups excluding carboxylic acids is 2. The van der Waals surface area contributed by atoms with E-state index in [-0.39, 0.29) is 29.6 Å². The van der Waals surface area contributed by atoms with Gasteiger partial charge in [-0.25, -0.2) is 0 Å². The highest BCUT2D eigenvalue weighted by molar-refractivity contribution is 5.99. The maximum atomic E-state index is 12.7. The predicted molar refractivity (Wildman–Crippen MR) is 77.1 cm³/mol. The second-order valence-corrected chi connectivity index (χ2v) is 5.19. The van der Waals surface area contributed by atoms with Gasteiger partial charge in [-0.2, -0.15) is 0 Å². The van der Waals surface area contributed by atoms with Gasteiger partial charge < -0.3 is 20.5 Å². The molecule has 0 saturated heterocycles. The Kier molecular flexibility index (Phi) is 4.67. The summed E-state index contributed by atoms with van der Waals surface area (Å²) < 4.78 is 5.01. The molecule has 2 amide bonds. The highest BCUT2D eigenvalue weighted by atomic mass is 16.5. The van der Waals surface area contributed by atoms with E-state index in [0.717, 1.165) is 25.7 Å². The molecule has 1 aromatic rings. The van der Waals surface area contributed by atoms with Gasteiger partial charge in [0.1, 0.15) is 0 Å². The number of carbonyl (C=O) groups is 2. The summed E-state index contributed by atoms with van der Waals surface area (Å²) in [5.41, 5.74) is 5.38. The first-order valence-corrected chi connectivity index (χ1v) is 7.00. The SMILES string of the molecule is COc1cccc(C(=O)N(CC(N)=O)C2CCCC2)c1O. The minimum atomic E-state index is -0.558. The minimum Gasteiger partial charge on any atom is -0.504 e. The average Bonchev–Trinajstić information content (AvgIpc) is 2.98. The second-order valence-electron chi connectivity index (χ2n) is 5.19. The molecule has 2 rings (SSSR count). The summed E-state index contributed by atoms with van der Waals surface area (Å²) in [7, 11) is 1.42. The molecule has 21 heavy (non-hydrogen) atoms. The molecule has 0 aliphatic heterocycles. The molecule has 3 N–H and O–H groups in total. The zero-order chi connectivity index (χ0) is 15.4. The molecule has 114 valence electrons. The smallest absolute Gasteiger partial charge is 0.258 e. The lowest BCUT2D eigenvalue weighted by Gasteiger charge is -2.28. The maximum Gasteiger partial charge on any atom is 0.258 e.